The lowest BCUT2D eigenvalue weighted by Crippen LogP contribution is -1.97. The summed E-state index contributed by atoms with van der Waals surface area (Å²) in [4.78, 5) is 15.6. The van der Waals surface area contributed by atoms with Gasteiger partial charge in [0.25, 0.3) is 0 Å². The molecule has 1 aromatic heterocycles. The molecule has 0 aliphatic rings. The molecular weight excluding hydrogens is 316 g/mol. The maximum atomic E-state index is 11.0. The second kappa shape index (κ2) is 5.49. The minimum absolute atomic E-state index is 0.303. The average Bonchev–Trinajstić information content (AvgIpc) is 2.75. The normalized spacial score (nSPS) is 10.3. The van der Waals surface area contributed by atoms with E-state index < -0.39 is 5.97 Å². The average molecular weight is 327 g/mol. The summed E-state index contributed by atoms with van der Waals surface area (Å²) in [6, 6.07) is 7.62. The molecule has 2 aromatic rings. The van der Waals surface area contributed by atoms with Crippen molar-refractivity contribution in [2.24, 2.45) is 0 Å². The largest absolute Gasteiger partial charge is 0.477 e. The highest BCUT2D eigenvalue weighted by Crippen LogP contribution is 2.27. The van der Waals surface area contributed by atoms with Crippen molar-refractivity contribution in [1.82, 2.24) is 4.98 Å². The van der Waals surface area contributed by atoms with Gasteiger partial charge >= 0.3 is 5.97 Å². The monoisotopic (exact) mass is 326 g/mol. The lowest BCUT2D eigenvalue weighted by Gasteiger charge is -2.01. The Morgan fingerprint density at radius 2 is 2.11 bits per heavy atom. The Bertz CT molecular complexity index is 566. The molecule has 0 spiro atoms. The first-order chi connectivity index (χ1) is 8.60. The highest BCUT2D eigenvalue weighted by molar-refractivity contribution is 9.10. The SMILES string of the molecule is CCc1nc(Nc2ccc(Br)cc2)sc1C(=O)O. The number of aromatic carboxylic acids is 1. The van der Waals surface area contributed by atoms with E-state index in [-0.39, 0.29) is 0 Å². The number of benzene rings is 1. The van der Waals surface area contributed by atoms with E-state index in [2.05, 4.69) is 26.2 Å². The van der Waals surface area contributed by atoms with Crippen LogP contribution in [0.3, 0.4) is 0 Å². The number of aromatic nitrogens is 1. The van der Waals surface area contributed by atoms with Crippen molar-refractivity contribution < 1.29 is 9.90 Å². The van der Waals surface area contributed by atoms with Crippen LogP contribution < -0.4 is 5.32 Å². The quantitative estimate of drug-likeness (QED) is 0.894. The zero-order valence-electron chi connectivity index (χ0n) is 9.61. The second-order valence-electron chi connectivity index (χ2n) is 3.59. The molecule has 0 fully saturated rings. The first-order valence-electron chi connectivity index (χ1n) is 5.35. The summed E-state index contributed by atoms with van der Waals surface area (Å²) >= 11 is 4.52. The molecule has 6 heteroatoms. The molecule has 0 saturated carbocycles. The minimum Gasteiger partial charge on any atom is -0.477 e. The molecule has 0 bridgehead atoms. The van der Waals surface area contributed by atoms with Crippen LogP contribution in [0.25, 0.3) is 0 Å². The molecule has 2 N–H and O–H groups in total. The lowest BCUT2D eigenvalue weighted by atomic mass is 10.3. The zero-order valence-corrected chi connectivity index (χ0v) is 12.0. The second-order valence-corrected chi connectivity index (χ2v) is 5.50. The molecule has 2 rings (SSSR count). The van der Waals surface area contributed by atoms with Crippen molar-refractivity contribution in [3.8, 4) is 0 Å². The van der Waals surface area contributed by atoms with E-state index in [4.69, 9.17) is 5.11 Å². The number of anilines is 2. The Morgan fingerprint density at radius 1 is 1.44 bits per heavy atom. The Labute approximate surface area is 117 Å². The van der Waals surface area contributed by atoms with Crippen LogP contribution in [0.4, 0.5) is 10.8 Å². The molecule has 18 heavy (non-hydrogen) atoms. The first kappa shape index (κ1) is 13.0. The molecule has 0 unspecified atom stereocenters. The molecule has 0 aliphatic carbocycles. The van der Waals surface area contributed by atoms with E-state index in [1.165, 1.54) is 0 Å². The third-order valence-corrected chi connectivity index (χ3v) is 3.85. The molecular formula is C12H11BrN2O2S. The van der Waals surface area contributed by atoms with Gasteiger partial charge in [-0.1, -0.05) is 34.2 Å². The number of nitrogens with one attached hydrogen (secondary N) is 1. The van der Waals surface area contributed by atoms with Crippen LogP contribution in [0.2, 0.25) is 0 Å². The predicted octanol–water partition coefficient (Wildman–Crippen LogP) is 3.91. The molecule has 0 atom stereocenters. The Hall–Kier alpha value is -1.40. The predicted molar refractivity (Wildman–Crippen MR) is 75.9 cm³/mol. The van der Waals surface area contributed by atoms with Crippen LogP contribution in [0, 0.1) is 0 Å². The van der Waals surface area contributed by atoms with Crippen LogP contribution in [0.5, 0.6) is 0 Å². The van der Waals surface area contributed by atoms with Gasteiger partial charge in [0.2, 0.25) is 0 Å². The number of nitrogens with zero attached hydrogens (tertiary/aromatic N) is 1. The molecule has 0 aliphatic heterocycles. The van der Waals surface area contributed by atoms with E-state index in [0.717, 1.165) is 21.5 Å². The van der Waals surface area contributed by atoms with E-state index in [1.54, 1.807) is 0 Å². The Kier molecular flexibility index (Phi) is 3.98. The summed E-state index contributed by atoms with van der Waals surface area (Å²) in [5, 5.41) is 12.8. The summed E-state index contributed by atoms with van der Waals surface area (Å²) in [5.41, 5.74) is 1.50. The van der Waals surface area contributed by atoms with Crippen LogP contribution in [0.15, 0.2) is 28.7 Å². The van der Waals surface area contributed by atoms with Crippen molar-refractivity contribution in [2.45, 2.75) is 13.3 Å². The molecule has 1 heterocycles. The highest BCUT2D eigenvalue weighted by atomic mass is 79.9. The van der Waals surface area contributed by atoms with Crippen molar-refractivity contribution in [3.63, 3.8) is 0 Å². The third kappa shape index (κ3) is 2.88. The smallest absolute Gasteiger partial charge is 0.347 e. The topological polar surface area (TPSA) is 62.2 Å². The maximum Gasteiger partial charge on any atom is 0.347 e. The first-order valence-corrected chi connectivity index (χ1v) is 6.96. The van der Waals surface area contributed by atoms with Crippen molar-refractivity contribution in [2.75, 3.05) is 5.32 Å². The molecule has 4 nitrogen and oxygen atoms in total. The number of hydrogen-bond acceptors (Lipinski definition) is 4. The highest BCUT2D eigenvalue weighted by Gasteiger charge is 2.15. The summed E-state index contributed by atoms with van der Waals surface area (Å²) in [6.07, 6.45) is 0.611. The van der Waals surface area contributed by atoms with Crippen molar-refractivity contribution in [1.29, 1.82) is 0 Å². The van der Waals surface area contributed by atoms with E-state index in [1.807, 2.05) is 31.2 Å². The van der Waals surface area contributed by atoms with Gasteiger partial charge in [-0.05, 0) is 30.7 Å². The standard InChI is InChI=1S/C12H11BrN2O2S/c1-2-9-10(11(16)17)18-12(15-9)14-8-5-3-7(13)4-6-8/h3-6H,2H2,1H3,(H,14,15)(H,16,17). The van der Waals surface area contributed by atoms with Gasteiger partial charge in [0.1, 0.15) is 4.88 Å². The van der Waals surface area contributed by atoms with Crippen molar-refractivity contribution >= 4 is 44.1 Å². The lowest BCUT2D eigenvalue weighted by molar-refractivity contribution is 0.0701. The van der Waals surface area contributed by atoms with Crippen LogP contribution in [-0.2, 0) is 6.42 Å². The van der Waals surface area contributed by atoms with Crippen molar-refractivity contribution in [3.05, 3.63) is 39.3 Å². The summed E-state index contributed by atoms with van der Waals surface area (Å²) in [6.45, 7) is 1.89. The van der Waals surface area contributed by atoms with Crippen LogP contribution in [-0.4, -0.2) is 16.1 Å². The number of aryl methyl sites for hydroxylation is 1. The summed E-state index contributed by atoms with van der Waals surface area (Å²) in [7, 11) is 0. The zero-order chi connectivity index (χ0) is 13.1. The van der Waals surface area contributed by atoms with Gasteiger partial charge in [0.15, 0.2) is 5.13 Å². The van der Waals surface area contributed by atoms with Gasteiger partial charge in [-0.15, -0.1) is 0 Å². The number of carboxylic acids is 1. The Balaban J connectivity index is 2.24. The fraction of sp³-hybridized carbons (Fsp3) is 0.167. The Morgan fingerprint density at radius 3 is 2.61 bits per heavy atom. The molecule has 0 amide bonds. The molecule has 0 saturated heterocycles. The van der Waals surface area contributed by atoms with Crippen LogP contribution in [0.1, 0.15) is 22.3 Å². The molecule has 94 valence electrons. The van der Waals surface area contributed by atoms with Gasteiger partial charge in [-0.3, -0.25) is 0 Å². The van der Waals surface area contributed by atoms with E-state index in [0.29, 0.717) is 22.1 Å². The molecule has 1 aromatic carbocycles. The molecule has 0 radical (unpaired) electrons. The number of thiazole rings is 1. The van der Waals surface area contributed by atoms with Crippen LogP contribution >= 0.6 is 27.3 Å². The summed E-state index contributed by atoms with van der Waals surface area (Å²) < 4.78 is 0.993. The minimum atomic E-state index is -0.923. The fourth-order valence-electron chi connectivity index (χ4n) is 1.47. The van der Waals surface area contributed by atoms with Gasteiger partial charge < -0.3 is 10.4 Å². The maximum absolute atomic E-state index is 11.0. The number of rotatable bonds is 4. The number of hydrogen-bond donors (Lipinski definition) is 2. The number of halogens is 1. The van der Waals surface area contributed by atoms with E-state index >= 15 is 0 Å². The van der Waals surface area contributed by atoms with E-state index in [9.17, 15) is 4.79 Å². The van der Waals surface area contributed by atoms with Gasteiger partial charge in [0.05, 0.1) is 5.69 Å². The number of carbonyl (C=O) groups is 1. The number of carboxylic acid groups (broad SMARTS) is 1. The van der Waals surface area contributed by atoms with Gasteiger partial charge in [-0.25, -0.2) is 9.78 Å². The fourth-order valence-corrected chi connectivity index (χ4v) is 2.65. The third-order valence-electron chi connectivity index (χ3n) is 2.32. The van der Waals surface area contributed by atoms with Gasteiger partial charge in [0, 0.05) is 10.2 Å². The summed E-state index contributed by atoms with van der Waals surface area (Å²) in [5.74, 6) is -0.923. The van der Waals surface area contributed by atoms with Gasteiger partial charge in [-0.2, -0.15) is 0 Å².